The molecular weight excluding hydrogens is 257 g/mol. The van der Waals surface area contributed by atoms with Gasteiger partial charge in [-0.3, -0.25) is 0 Å². The molecule has 84 valence electrons. The molecule has 8 heteroatoms. The average Bonchev–Trinajstić information content (AvgIpc) is 1.99. The van der Waals surface area contributed by atoms with E-state index in [2.05, 4.69) is 0 Å². The Morgan fingerprint density at radius 2 is 1.80 bits per heavy atom. The first kappa shape index (κ1) is 12.1. The second kappa shape index (κ2) is 3.57. The van der Waals surface area contributed by atoms with E-state index in [9.17, 15) is 21.6 Å². The van der Waals surface area contributed by atoms with Crippen LogP contribution in [0, 0.1) is 0 Å². The van der Waals surface area contributed by atoms with Crippen molar-refractivity contribution >= 4 is 19.7 Å². The minimum Gasteiger partial charge on any atom is -0.507 e. The highest BCUT2D eigenvalue weighted by Crippen LogP contribution is 2.40. The Labute approximate surface area is 87.5 Å². The van der Waals surface area contributed by atoms with Gasteiger partial charge in [0.05, 0.1) is 4.90 Å². The van der Waals surface area contributed by atoms with Gasteiger partial charge in [-0.05, 0) is 12.1 Å². The molecule has 1 aromatic carbocycles. The van der Waals surface area contributed by atoms with Crippen LogP contribution in [0.15, 0.2) is 23.1 Å². The normalized spacial score (nSPS) is 12.8. The standard InChI is InChI=1S/C7H4ClF3O3S/c8-15(13,14)5-3-1-2-4(12)6(5)7(9,10)11/h1-3,12H. The Kier molecular flexibility index (Phi) is 2.88. The Balaban J connectivity index is 3.63. The molecule has 0 saturated heterocycles. The summed E-state index contributed by atoms with van der Waals surface area (Å²) in [6.07, 6.45) is -4.98. The van der Waals surface area contributed by atoms with Crippen LogP contribution in [-0.2, 0) is 15.2 Å². The molecule has 0 amide bonds. The summed E-state index contributed by atoms with van der Waals surface area (Å²) in [6, 6.07) is 2.36. The lowest BCUT2D eigenvalue weighted by molar-refractivity contribution is -0.141. The summed E-state index contributed by atoms with van der Waals surface area (Å²) in [4.78, 5) is -1.16. The fourth-order valence-electron chi connectivity index (χ4n) is 1.01. The van der Waals surface area contributed by atoms with Crippen LogP contribution in [0.4, 0.5) is 13.2 Å². The molecule has 15 heavy (non-hydrogen) atoms. The Hall–Kier alpha value is -0.950. The largest absolute Gasteiger partial charge is 0.507 e. The summed E-state index contributed by atoms with van der Waals surface area (Å²) < 4.78 is 58.7. The van der Waals surface area contributed by atoms with Gasteiger partial charge in [-0.1, -0.05) is 6.07 Å². The van der Waals surface area contributed by atoms with E-state index in [0.717, 1.165) is 12.1 Å². The molecule has 0 unspecified atom stereocenters. The van der Waals surface area contributed by atoms with E-state index in [-0.39, 0.29) is 0 Å². The van der Waals surface area contributed by atoms with E-state index in [1.54, 1.807) is 0 Å². The smallest absolute Gasteiger partial charge is 0.421 e. The van der Waals surface area contributed by atoms with Gasteiger partial charge in [0.25, 0.3) is 9.05 Å². The number of alkyl halides is 3. The summed E-state index contributed by atoms with van der Waals surface area (Å²) in [5.74, 6) is -1.18. The van der Waals surface area contributed by atoms with Crippen molar-refractivity contribution in [2.75, 3.05) is 0 Å². The Morgan fingerprint density at radius 1 is 1.27 bits per heavy atom. The topological polar surface area (TPSA) is 54.4 Å². The minimum atomic E-state index is -4.98. The molecule has 3 nitrogen and oxygen atoms in total. The first-order valence-electron chi connectivity index (χ1n) is 3.48. The van der Waals surface area contributed by atoms with Crippen molar-refractivity contribution in [3.8, 4) is 5.75 Å². The zero-order valence-corrected chi connectivity index (χ0v) is 8.49. The zero-order chi connectivity index (χ0) is 11.9. The van der Waals surface area contributed by atoms with Crippen molar-refractivity contribution in [1.29, 1.82) is 0 Å². The lowest BCUT2D eigenvalue weighted by Gasteiger charge is -2.11. The molecular formula is C7H4ClF3O3S. The van der Waals surface area contributed by atoms with Gasteiger partial charge >= 0.3 is 6.18 Å². The summed E-state index contributed by atoms with van der Waals surface area (Å²) in [6.45, 7) is 0. The summed E-state index contributed by atoms with van der Waals surface area (Å²) in [5.41, 5.74) is -1.65. The monoisotopic (exact) mass is 260 g/mol. The van der Waals surface area contributed by atoms with E-state index in [0.29, 0.717) is 6.07 Å². The highest BCUT2D eigenvalue weighted by Gasteiger charge is 2.39. The van der Waals surface area contributed by atoms with Crippen molar-refractivity contribution in [3.05, 3.63) is 23.8 Å². The minimum absolute atomic E-state index is 0.672. The van der Waals surface area contributed by atoms with Crippen molar-refractivity contribution < 1.29 is 26.7 Å². The Morgan fingerprint density at radius 3 is 2.13 bits per heavy atom. The fraction of sp³-hybridized carbons (Fsp3) is 0.143. The average molecular weight is 261 g/mol. The number of rotatable bonds is 1. The third-order valence-corrected chi connectivity index (χ3v) is 2.91. The van der Waals surface area contributed by atoms with Crippen LogP contribution in [0.5, 0.6) is 5.75 Å². The van der Waals surface area contributed by atoms with Crippen LogP contribution in [0.3, 0.4) is 0 Å². The summed E-state index contributed by atoms with van der Waals surface area (Å²) in [5, 5.41) is 8.95. The van der Waals surface area contributed by atoms with Crippen LogP contribution in [0.25, 0.3) is 0 Å². The van der Waals surface area contributed by atoms with Crippen molar-refractivity contribution in [3.63, 3.8) is 0 Å². The van der Waals surface area contributed by atoms with Gasteiger partial charge in [-0.15, -0.1) is 0 Å². The zero-order valence-electron chi connectivity index (χ0n) is 6.92. The molecule has 1 N–H and O–H groups in total. The maximum atomic E-state index is 12.4. The summed E-state index contributed by atoms with van der Waals surface area (Å²) >= 11 is 0. The van der Waals surface area contributed by atoms with E-state index in [1.807, 2.05) is 0 Å². The molecule has 1 rings (SSSR count). The van der Waals surface area contributed by atoms with Gasteiger partial charge < -0.3 is 5.11 Å². The molecule has 0 aliphatic heterocycles. The van der Waals surface area contributed by atoms with Crippen molar-refractivity contribution in [2.24, 2.45) is 0 Å². The Bertz CT molecular complexity index is 481. The highest BCUT2D eigenvalue weighted by molar-refractivity contribution is 8.13. The van der Waals surface area contributed by atoms with E-state index >= 15 is 0 Å². The molecule has 0 spiro atoms. The molecule has 0 heterocycles. The van der Waals surface area contributed by atoms with Crippen molar-refractivity contribution in [2.45, 2.75) is 11.1 Å². The van der Waals surface area contributed by atoms with Gasteiger partial charge in [-0.2, -0.15) is 13.2 Å². The molecule has 1 aromatic rings. The predicted octanol–water partition coefficient (Wildman–Crippen LogP) is 2.34. The number of hydrogen-bond acceptors (Lipinski definition) is 3. The second-order valence-electron chi connectivity index (χ2n) is 2.59. The third-order valence-electron chi connectivity index (χ3n) is 1.55. The SMILES string of the molecule is O=S(=O)(Cl)c1cccc(O)c1C(F)(F)F. The van der Waals surface area contributed by atoms with E-state index in [1.165, 1.54) is 0 Å². The molecule has 0 aliphatic carbocycles. The molecule has 0 aromatic heterocycles. The number of phenols is 1. The van der Waals surface area contributed by atoms with Gasteiger partial charge in [-0.25, -0.2) is 8.42 Å². The van der Waals surface area contributed by atoms with Crippen LogP contribution in [0.2, 0.25) is 0 Å². The fourth-order valence-corrected chi connectivity index (χ4v) is 2.10. The van der Waals surface area contributed by atoms with Gasteiger partial charge in [0.2, 0.25) is 0 Å². The lowest BCUT2D eigenvalue weighted by Crippen LogP contribution is -2.10. The first-order valence-corrected chi connectivity index (χ1v) is 5.79. The maximum Gasteiger partial charge on any atom is 0.421 e. The summed E-state index contributed by atoms with van der Waals surface area (Å²) in [7, 11) is 0.256. The molecule has 0 atom stereocenters. The predicted molar refractivity (Wildman–Crippen MR) is 46.1 cm³/mol. The maximum absolute atomic E-state index is 12.4. The third kappa shape index (κ3) is 2.54. The number of benzene rings is 1. The van der Waals surface area contributed by atoms with Crippen LogP contribution in [0.1, 0.15) is 5.56 Å². The van der Waals surface area contributed by atoms with E-state index < -0.39 is 31.4 Å². The highest BCUT2D eigenvalue weighted by atomic mass is 35.7. The lowest BCUT2D eigenvalue weighted by atomic mass is 10.2. The molecule has 0 bridgehead atoms. The quantitative estimate of drug-likeness (QED) is 0.789. The number of halogens is 4. The molecule has 0 saturated carbocycles. The molecule has 0 fully saturated rings. The number of aromatic hydroxyl groups is 1. The first-order chi connectivity index (χ1) is 6.64. The van der Waals surface area contributed by atoms with E-state index in [4.69, 9.17) is 15.8 Å². The van der Waals surface area contributed by atoms with Gasteiger partial charge in [0.1, 0.15) is 11.3 Å². The van der Waals surface area contributed by atoms with Gasteiger partial charge in [0.15, 0.2) is 0 Å². The van der Waals surface area contributed by atoms with Crippen molar-refractivity contribution in [1.82, 2.24) is 0 Å². The second-order valence-corrected chi connectivity index (χ2v) is 5.12. The number of hydrogen-bond donors (Lipinski definition) is 1. The van der Waals surface area contributed by atoms with Crippen LogP contribution < -0.4 is 0 Å². The van der Waals surface area contributed by atoms with Gasteiger partial charge in [0, 0.05) is 10.7 Å². The van der Waals surface area contributed by atoms with Crippen LogP contribution >= 0.6 is 10.7 Å². The molecule has 0 radical (unpaired) electrons. The number of phenolic OH excluding ortho intramolecular Hbond substituents is 1. The van der Waals surface area contributed by atoms with Crippen LogP contribution in [-0.4, -0.2) is 13.5 Å². The molecule has 0 aliphatic rings.